The second-order valence-electron chi connectivity index (χ2n) is 3.10. The molecule has 0 N–H and O–H groups in total. The second kappa shape index (κ2) is 4.61. The van der Waals surface area contributed by atoms with Crippen LogP contribution < -0.4 is 0 Å². The fourth-order valence-electron chi connectivity index (χ4n) is 1.22. The molecular formula is C10H10F4O. The summed E-state index contributed by atoms with van der Waals surface area (Å²) in [5, 5.41) is 0. The van der Waals surface area contributed by atoms with Gasteiger partial charge in [-0.3, -0.25) is 0 Å². The second-order valence-corrected chi connectivity index (χ2v) is 3.10. The van der Waals surface area contributed by atoms with Crippen molar-refractivity contribution < 1.29 is 22.3 Å². The zero-order valence-corrected chi connectivity index (χ0v) is 8.01. The van der Waals surface area contributed by atoms with Crippen molar-refractivity contribution >= 4 is 0 Å². The lowest BCUT2D eigenvalue weighted by Crippen LogP contribution is -2.15. The summed E-state index contributed by atoms with van der Waals surface area (Å²) in [6.07, 6.45) is -6.45. The Kier molecular flexibility index (Phi) is 3.68. The van der Waals surface area contributed by atoms with E-state index in [2.05, 4.69) is 0 Å². The van der Waals surface area contributed by atoms with Crippen LogP contribution in [0, 0.1) is 5.82 Å². The van der Waals surface area contributed by atoms with Crippen molar-refractivity contribution in [2.24, 2.45) is 0 Å². The van der Waals surface area contributed by atoms with E-state index in [1.807, 2.05) is 0 Å². The number of alkyl halides is 3. The summed E-state index contributed by atoms with van der Waals surface area (Å²) < 4.78 is 53.5. The molecule has 0 fully saturated rings. The summed E-state index contributed by atoms with van der Waals surface area (Å²) in [5.41, 5.74) is 0.316. The third-order valence-corrected chi connectivity index (χ3v) is 1.94. The van der Waals surface area contributed by atoms with Crippen LogP contribution in [0.2, 0.25) is 0 Å². The van der Waals surface area contributed by atoms with Crippen LogP contribution in [-0.4, -0.2) is 13.3 Å². The van der Waals surface area contributed by atoms with Gasteiger partial charge in [0.05, 0.1) is 12.5 Å². The maximum absolute atomic E-state index is 12.5. The van der Waals surface area contributed by atoms with E-state index >= 15 is 0 Å². The molecule has 0 heterocycles. The average Bonchev–Trinajstić information content (AvgIpc) is 2.14. The van der Waals surface area contributed by atoms with Crippen molar-refractivity contribution in [3.63, 3.8) is 0 Å². The van der Waals surface area contributed by atoms with Crippen LogP contribution in [0.25, 0.3) is 0 Å². The molecule has 0 radical (unpaired) electrons. The standard InChI is InChI=1S/C10H10F4O/c1-15-9(6-10(12,13)14)7-2-4-8(11)5-3-7/h2-5,9H,6H2,1H3. The zero-order chi connectivity index (χ0) is 11.5. The molecule has 1 nitrogen and oxygen atoms in total. The predicted molar refractivity (Wildman–Crippen MR) is 46.8 cm³/mol. The normalized spacial score (nSPS) is 13.9. The Morgan fingerprint density at radius 2 is 1.73 bits per heavy atom. The van der Waals surface area contributed by atoms with Gasteiger partial charge >= 0.3 is 6.18 Å². The quantitative estimate of drug-likeness (QED) is 0.711. The molecule has 0 aliphatic heterocycles. The molecule has 0 spiro atoms. The molecule has 0 saturated carbocycles. The summed E-state index contributed by atoms with van der Waals surface area (Å²) in [5.74, 6) is -0.486. The number of ether oxygens (including phenoxy) is 1. The van der Waals surface area contributed by atoms with Crippen molar-refractivity contribution in [3.05, 3.63) is 35.6 Å². The maximum atomic E-state index is 12.5. The van der Waals surface area contributed by atoms with Gasteiger partial charge in [0.2, 0.25) is 0 Å². The first kappa shape index (κ1) is 12.0. The number of methoxy groups -OCH3 is 1. The lowest BCUT2D eigenvalue weighted by molar-refractivity contribution is -0.158. The van der Waals surface area contributed by atoms with Gasteiger partial charge in [-0.25, -0.2) is 4.39 Å². The van der Waals surface area contributed by atoms with Gasteiger partial charge in [-0.05, 0) is 17.7 Å². The van der Waals surface area contributed by atoms with Crippen LogP contribution in [0.5, 0.6) is 0 Å². The van der Waals surface area contributed by atoms with E-state index in [0.717, 1.165) is 12.1 Å². The molecule has 84 valence electrons. The molecular weight excluding hydrogens is 212 g/mol. The minimum Gasteiger partial charge on any atom is -0.376 e. The van der Waals surface area contributed by atoms with Gasteiger partial charge < -0.3 is 4.74 Å². The van der Waals surface area contributed by atoms with Crippen LogP contribution in [0.1, 0.15) is 18.1 Å². The highest BCUT2D eigenvalue weighted by Gasteiger charge is 2.32. The number of hydrogen-bond acceptors (Lipinski definition) is 1. The third-order valence-electron chi connectivity index (χ3n) is 1.94. The first-order chi connectivity index (χ1) is 6.92. The first-order valence-corrected chi connectivity index (χ1v) is 4.27. The SMILES string of the molecule is COC(CC(F)(F)F)c1ccc(F)cc1. The van der Waals surface area contributed by atoms with Crippen molar-refractivity contribution in [1.29, 1.82) is 0 Å². The van der Waals surface area contributed by atoms with Crippen molar-refractivity contribution in [2.45, 2.75) is 18.7 Å². The van der Waals surface area contributed by atoms with E-state index in [1.54, 1.807) is 0 Å². The molecule has 1 unspecified atom stereocenters. The van der Waals surface area contributed by atoms with Gasteiger partial charge in [0.25, 0.3) is 0 Å². The van der Waals surface area contributed by atoms with E-state index in [9.17, 15) is 17.6 Å². The summed E-state index contributed by atoms with van der Waals surface area (Å²) in [6.45, 7) is 0. The highest BCUT2D eigenvalue weighted by molar-refractivity contribution is 5.18. The Bertz CT molecular complexity index is 304. The van der Waals surface area contributed by atoms with E-state index in [-0.39, 0.29) is 0 Å². The smallest absolute Gasteiger partial charge is 0.376 e. The van der Waals surface area contributed by atoms with E-state index in [1.165, 1.54) is 19.2 Å². The maximum Gasteiger partial charge on any atom is 0.391 e. The van der Waals surface area contributed by atoms with E-state index < -0.39 is 24.5 Å². The van der Waals surface area contributed by atoms with Crippen molar-refractivity contribution in [3.8, 4) is 0 Å². The number of rotatable bonds is 3. The Labute approximate surface area is 84.7 Å². The molecule has 0 bridgehead atoms. The molecule has 1 atom stereocenters. The molecule has 0 saturated heterocycles. The molecule has 5 heteroatoms. The highest BCUT2D eigenvalue weighted by atomic mass is 19.4. The Balaban J connectivity index is 2.79. The van der Waals surface area contributed by atoms with Crippen LogP contribution in [0.4, 0.5) is 17.6 Å². The lowest BCUT2D eigenvalue weighted by Gasteiger charge is -2.17. The molecule has 15 heavy (non-hydrogen) atoms. The van der Waals surface area contributed by atoms with Gasteiger partial charge in [-0.2, -0.15) is 13.2 Å². The average molecular weight is 222 g/mol. The largest absolute Gasteiger partial charge is 0.391 e. The van der Waals surface area contributed by atoms with Crippen LogP contribution in [-0.2, 0) is 4.74 Å². The number of halogens is 4. The Morgan fingerprint density at radius 3 is 2.13 bits per heavy atom. The first-order valence-electron chi connectivity index (χ1n) is 4.27. The molecule has 1 rings (SSSR count). The van der Waals surface area contributed by atoms with Crippen LogP contribution >= 0.6 is 0 Å². The van der Waals surface area contributed by atoms with Crippen molar-refractivity contribution in [1.82, 2.24) is 0 Å². The number of hydrogen-bond donors (Lipinski definition) is 0. The molecule has 0 aliphatic carbocycles. The summed E-state index contributed by atoms with van der Waals surface area (Å²) in [7, 11) is 1.19. The molecule has 0 aromatic heterocycles. The van der Waals surface area contributed by atoms with E-state index in [0.29, 0.717) is 5.56 Å². The topological polar surface area (TPSA) is 9.23 Å². The monoisotopic (exact) mass is 222 g/mol. The molecule has 1 aromatic carbocycles. The highest BCUT2D eigenvalue weighted by Crippen LogP contribution is 2.31. The van der Waals surface area contributed by atoms with Crippen LogP contribution in [0.3, 0.4) is 0 Å². The lowest BCUT2D eigenvalue weighted by atomic mass is 10.1. The Hall–Kier alpha value is -1.10. The van der Waals surface area contributed by atoms with Gasteiger partial charge in [-0.15, -0.1) is 0 Å². The number of benzene rings is 1. The van der Waals surface area contributed by atoms with Gasteiger partial charge in [0, 0.05) is 7.11 Å². The predicted octanol–water partition coefficient (Wildman–Crippen LogP) is 3.47. The van der Waals surface area contributed by atoms with E-state index in [4.69, 9.17) is 4.74 Å². The van der Waals surface area contributed by atoms with Gasteiger partial charge in [0.15, 0.2) is 0 Å². The third kappa shape index (κ3) is 3.87. The minimum atomic E-state index is -4.30. The summed E-state index contributed by atoms with van der Waals surface area (Å²) >= 11 is 0. The molecule has 0 aliphatic rings. The summed E-state index contributed by atoms with van der Waals surface area (Å²) in [4.78, 5) is 0. The fourth-order valence-corrected chi connectivity index (χ4v) is 1.22. The van der Waals surface area contributed by atoms with Crippen molar-refractivity contribution in [2.75, 3.05) is 7.11 Å². The summed E-state index contributed by atoms with van der Waals surface area (Å²) in [6, 6.07) is 4.79. The van der Waals surface area contributed by atoms with Gasteiger partial charge in [0.1, 0.15) is 5.82 Å². The van der Waals surface area contributed by atoms with Crippen LogP contribution in [0.15, 0.2) is 24.3 Å². The van der Waals surface area contributed by atoms with Gasteiger partial charge in [-0.1, -0.05) is 12.1 Å². The minimum absolute atomic E-state index is 0.316. The molecule has 1 aromatic rings. The molecule has 0 amide bonds. The fraction of sp³-hybridized carbons (Fsp3) is 0.400. The zero-order valence-electron chi connectivity index (χ0n) is 8.01. The Morgan fingerprint density at radius 1 is 1.20 bits per heavy atom.